The molecule has 2 aromatic heterocycles. The first-order valence-electron chi connectivity index (χ1n) is 9.89. The summed E-state index contributed by atoms with van der Waals surface area (Å²) in [6, 6.07) is 7.85. The summed E-state index contributed by atoms with van der Waals surface area (Å²) in [4.78, 5) is 35.1. The van der Waals surface area contributed by atoms with E-state index in [1.165, 1.54) is 0 Å². The predicted molar refractivity (Wildman–Crippen MR) is 111 cm³/mol. The molecule has 0 saturated heterocycles. The van der Waals surface area contributed by atoms with E-state index in [-0.39, 0.29) is 30.9 Å². The molecular formula is C21H24N6O3. The van der Waals surface area contributed by atoms with Gasteiger partial charge in [0.2, 0.25) is 5.95 Å². The van der Waals surface area contributed by atoms with Gasteiger partial charge in [-0.1, -0.05) is 18.2 Å². The normalized spacial score (nSPS) is 15.4. The maximum Gasteiger partial charge on any atom is 0.306 e. The number of nitrogens with two attached hydrogens (primary N) is 1. The van der Waals surface area contributed by atoms with Gasteiger partial charge in [0.15, 0.2) is 6.61 Å². The molecule has 4 rings (SSSR count). The lowest BCUT2D eigenvalue weighted by atomic mass is 10.1. The van der Waals surface area contributed by atoms with Crippen LogP contribution in [0.1, 0.15) is 35.9 Å². The fourth-order valence-corrected chi connectivity index (χ4v) is 4.04. The molecule has 0 unspecified atom stereocenters. The van der Waals surface area contributed by atoms with Crippen molar-refractivity contribution in [1.29, 1.82) is 0 Å². The van der Waals surface area contributed by atoms with Crippen molar-refractivity contribution in [2.45, 2.75) is 46.1 Å². The van der Waals surface area contributed by atoms with Gasteiger partial charge in [0.05, 0.1) is 0 Å². The third kappa shape index (κ3) is 3.58. The Morgan fingerprint density at radius 2 is 2.00 bits per heavy atom. The lowest BCUT2D eigenvalue weighted by Crippen LogP contribution is -2.38. The van der Waals surface area contributed by atoms with Gasteiger partial charge < -0.3 is 15.4 Å². The first kappa shape index (κ1) is 19.8. The zero-order valence-corrected chi connectivity index (χ0v) is 17.3. The van der Waals surface area contributed by atoms with Crippen LogP contribution in [0, 0.1) is 13.8 Å². The molecule has 0 spiro atoms. The molecule has 2 N–H and O–H groups in total. The number of aryl methyl sites for hydroxylation is 2. The minimum absolute atomic E-state index is 0.0480. The van der Waals surface area contributed by atoms with Crippen LogP contribution in [0.4, 0.5) is 11.6 Å². The number of carbonyl (C=O) groups is 2. The highest BCUT2D eigenvalue weighted by atomic mass is 16.5. The number of anilines is 2. The second kappa shape index (κ2) is 7.74. The summed E-state index contributed by atoms with van der Waals surface area (Å²) < 4.78 is 6.84. The molecule has 156 valence electrons. The molecule has 1 atom stereocenters. The summed E-state index contributed by atoms with van der Waals surface area (Å²) in [5.74, 6) is -0.0629. The lowest BCUT2D eigenvalue weighted by Gasteiger charge is -2.22. The first-order valence-corrected chi connectivity index (χ1v) is 9.89. The van der Waals surface area contributed by atoms with E-state index in [0.29, 0.717) is 12.2 Å². The predicted octanol–water partition coefficient (Wildman–Crippen LogP) is 1.78. The van der Waals surface area contributed by atoms with Crippen molar-refractivity contribution >= 4 is 29.3 Å². The number of ether oxygens (including phenoxy) is 1. The van der Waals surface area contributed by atoms with Gasteiger partial charge in [-0.15, -0.1) is 5.10 Å². The molecule has 3 aromatic rings. The molecule has 1 aliphatic rings. The molecule has 0 radical (unpaired) electrons. The third-order valence-electron chi connectivity index (χ3n) is 5.48. The molecule has 1 aromatic carbocycles. The van der Waals surface area contributed by atoms with Gasteiger partial charge >= 0.3 is 5.97 Å². The largest absolute Gasteiger partial charge is 0.456 e. The number of esters is 1. The van der Waals surface area contributed by atoms with Crippen molar-refractivity contribution in [2.75, 3.05) is 17.2 Å². The van der Waals surface area contributed by atoms with Crippen molar-refractivity contribution in [3.8, 4) is 0 Å². The molecule has 0 saturated carbocycles. The minimum Gasteiger partial charge on any atom is -0.456 e. The van der Waals surface area contributed by atoms with E-state index in [0.717, 1.165) is 34.6 Å². The highest BCUT2D eigenvalue weighted by molar-refractivity contribution is 5.97. The SMILES string of the molecule is Cc1nc2nc(N)nn2c(C)c1CCC(=O)OCC(=O)N1c2ccccc2C[C@@H]1C. The smallest absolute Gasteiger partial charge is 0.306 e. The maximum atomic E-state index is 12.7. The number of benzene rings is 1. The number of para-hydroxylation sites is 1. The highest BCUT2D eigenvalue weighted by Crippen LogP contribution is 2.31. The molecule has 0 fully saturated rings. The van der Waals surface area contributed by atoms with Crippen LogP contribution in [0.3, 0.4) is 0 Å². The molecule has 30 heavy (non-hydrogen) atoms. The van der Waals surface area contributed by atoms with Crippen LogP contribution in [0.5, 0.6) is 0 Å². The van der Waals surface area contributed by atoms with E-state index < -0.39 is 5.97 Å². The van der Waals surface area contributed by atoms with Crippen LogP contribution >= 0.6 is 0 Å². The van der Waals surface area contributed by atoms with E-state index in [9.17, 15) is 9.59 Å². The van der Waals surface area contributed by atoms with Crippen LogP contribution in [0.15, 0.2) is 24.3 Å². The quantitative estimate of drug-likeness (QED) is 0.640. The number of nitrogen functional groups attached to an aromatic ring is 1. The van der Waals surface area contributed by atoms with Gasteiger partial charge in [0.1, 0.15) is 0 Å². The van der Waals surface area contributed by atoms with E-state index in [2.05, 4.69) is 15.1 Å². The van der Waals surface area contributed by atoms with Crippen molar-refractivity contribution in [3.63, 3.8) is 0 Å². The molecule has 9 heteroatoms. The standard InChI is InChI=1S/C21H24N6O3/c1-12-10-15-6-4-5-7-17(15)26(12)18(28)11-30-19(29)9-8-16-13(2)23-21-24-20(22)25-27(21)14(16)3/h4-7,12H,8-11H2,1-3H3,(H2,22,25)/t12-/m0/s1. The van der Waals surface area contributed by atoms with Gasteiger partial charge in [-0.25, -0.2) is 4.98 Å². The summed E-state index contributed by atoms with van der Waals surface area (Å²) in [5.41, 5.74) is 10.1. The Labute approximate surface area is 173 Å². The van der Waals surface area contributed by atoms with Crippen LogP contribution in [-0.4, -0.2) is 44.1 Å². The van der Waals surface area contributed by atoms with Crippen LogP contribution in [0.2, 0.25) is 0 Å². The number of nitrogens with zero attached hydrogens (tertiary/aromatic N) is 5. The van der Waals surface area contributed by atoms with E-state index in [4.69, 9.17) is 10.5 Å². The zero-order valence-electron chi connectivity index (χ0n) is 17.3. The van der Waals surface area contributed by atoms with Gasteiger partial charge in [0.25, 0.3) is 11.7 Å². The van der Waals surface area contributed by atoms with Crippen LogP contribution in [-0.2, 0) is 27.2 Å². The Morgan fingerprint density at radius 3 is 2.80 bits per heavy atom. The van der Waals surface area contributed by atoms with Crippen molar-refractivity contribution in [1.82, 2.24) is 19.6 Å². The lowest BCUT2D eigenvalue weighted by molar-refractivity contribution is -0.147. The molecule has 3 heterocycles. The second-order valence-corrected chi connectivity index (χ2v) is 7.55. The third-order valence-corrected chi connectivity index (χ3v) is 5.48. The summed E-state index contributed by atoms with van der Waals surface area (Å²) in [6.07, 6.45) is 1.37. The number of fused-ring (bicyclic) bond motifs is 2. The molecule has 0 bridgehead atoms. The number of aromatic nitrogens is 4. The van der Waals surface area contributed by atoms with Crippen LogP contribution in [0.25, 0.3) is 5.78 Å². The number of carbonyl (C=O) groups excluding carboxylic acids is 2. The van der Waals surface area contributed by atoms with Gasteiger partial charge in [-0.2, -0.15) is 9.50 Å². The van der Waals surface area contributed by atoms with Gasteiger partial charge in [-0.3, -0.25) is 9.59 Å². The second-order valence-electron chi connectivity index (χ2n) is 7.55. The number of rotatable bonds is 5. The van der Waals surface area contributed by atoms with Crippen molar-refractivity contribution < 1.29 is 14.3 Å². The zero-order chi connectivity index (χ0) is 21.4. The number of hydrogen-bond acceptors (Lipinski definition) is 7. The van der Waals surface area contributed by atoms with E-state index >= 15 is 0 Å². The highest BCUT2D eigenvalue weighted by Gasteiger charge is 2.30. The van der Waals surface area contributed by atoms with Crippen molar-refractivity contribution in [2.24, 2.45) is 0 Å². The Balaban J connectivity index is 1.37. The Kier molecular flexibility index (Phi) is 5.11. The molecule has 1 aliphatic heterocycles. The average Bonchev–Trinajstić information content (AvgIpc) is 3.24. The Morgan fingerprint density at radius 1 is 1.23 bits per heavy atom. The van der Waals surface area contributed by atoms with Gasteiger partial charge in [0, 0.05) is 29.5 Å². The van der Waals surface area contributed by atoms with Crippen molar-refractivity contribution in [3.05, 3.63) is 46.8 Å². The monoisotopic (exact) mass is 408 g/mol. The molecule has 0 aliphatic carbocycles. The summed E-state index contributed by atoms with van der Waals surface area (Å²) >= 11 is 0. The fraction of sp³-hybridized carbons (Fsp3) is 0.381. The number of hydrogen-bond donors (Lipinski definition) is 1. The topological polar surface area (TPSA) is 116 Å². The van der Waals surface area contributed by atoms with Crippen LogP contribution < -0.4 is 10.6 Å². The summed E-state index contributed by atoms with van der Waals surface area (Å²) in [7, 11) is 0. The Hall–Kier alpha value is -3.49. The minimum atomic E-state index is -0.430. The van der Waals surface area contributed by atoms with Gasteiger partial charge in [-0.05, 0) is 50.8 Å². The maximum absolute atomic E-state index is 12.7. The van der Waals surface area contributed by atoms with E-state index in [1.807, 2.05) is 45.0 Å². The first-order chi connectivity index (χ1) is 14.3. The average molecular weight is 408 g/mol. The summed E-state index contributed by atoms with van der Waals surface area (Å²) in [6.45, 7) is 5.46. The number of amides is 1. The molecule has 1 amide bonds. The Bertz CT molecular complexity index is 1140. The molecule has 9 nitrogen and oxygen atoms in total. The fourth-order valence-electron chi connectivity index (χ4n) is 4.04. The molecular weight excluding hydrogens is 384 g/mol. The van der Waals surface area contributed by atoms with E-state index in [1.54, 1.807) is 9.42 Å². The summed E-state index contributed by atoms with van der Waals surface area (Å²) in [5, 5.41) is 4.13.